The SMILES string of the molecule is CSC1C(=O)Nc2cccc(CO[Si](C)(C)C(C)(C)C)c21. The number of carbonyl (C=O) groups is 1. The Kier molecular flexibility index (Phi) is 4.56. The van der Waals surface area contributed by atoms with Gasteiger partial charge in [0.1, 0.15) is 5.25 Å². The number of fused-ring (bicyclic) bond motifs is 1. The third kappa shape index (κ3) is 3.20. The van der Waals surface area contributed by atoms with Gasteiger partial charge in [-0.25, -0.2) is 0 Å². The summed E-state index contributed by atoms with van der Waals surface area (Å²) >= 11 is 1.58. The van der Waals surface area contributed by atoms with Gasteiger partial charge in [0.05, 0.1) is 6.61 Å². The molecule has 116 valence electrons. The van der Waals surface area contributed by atoms with Gasteiger partial charge < -0.3 is 9.74 Å². The number of nitrogens with one attached hydrogen (secondary N) is 1. The van der Waals surface area contributed by atoms with Crippen LogP contribution < -0.4 is 5.32 Å². The van der Waals surface area contributed by atoms with E-state index in [9.17, 15) is 4.79 Å². The highest BCUT2D eigenvalue weighted by atomic mass is 32.2. The molecule has 3 nitrogen and oxygen atoms in total. The van der Waals surface area contributed by atoms with Crippen LogP contribution in [0.5, 0.6) is 0 Å². The van der Waals surface area contributed by atoms with Crippen LogP contribution >= 0.6 is 11.8 Å². The average Bonchev–Trinajstić information content (AvgIpc) is 2.70. The molecule has 2 rings (SSSR count). The second-order valence-electron chi connectivity index (χ2n) is 7.03. The predicted octanol–water partition coefficient (Wildman–Crippen LogP) is 4.56. The number of amides is 1. The van der Waals surface area contributed by atoms with Crippen LogP contribution in [-0.2, 0) is 15.8 Å². The van der Waals surface area contributed by atoms with Gasteiger partial charge in [-0.3, -0.25) is 4.79 Å². The molecule has 0 saturated carbocycles. The summed E-state index contributed by atoms with van der Waals surface area (Å²) < 4.78 is 6.32. The zero-order valence-corrected chi connectivity index (χ0v) is 15.6. The lowest BCUT2D eigenvalue weighted by Crippen LogP contribution is -2.40. The van der Waals surface area contributed by atoms with E-state index in [1.165, 1.54) is 0 Å². The molecule has 0 saturated heterocycles. The minimum atomic E-state index is -1.78. The number of anilines is 1. The number of rotatable bonds is 4. The second kappa shape index (κ2) is 5.78. The first kappa shape index (κ1) is 16.6. The van der Waals surface area contributed by atoms with E-state index in [2.05, 4.69) is 45.2 Å². The molecule has 5 heteroatoms. The maximum atomic E-state index is 12.0. The first-order chi connectivity index (χ1) is 9.67. The van der Waals surface area contributed by atoms with Crippen LogP contribution in [0, 0.1) is 0 Å². The van der Waals surface area contributed by atoms with E-state index in [0.717, 1.165) is 16.8 Å². The third-order valence-corrected chi connectivity index (χ3v) is 9.98. The lowest BCUT2D eigenvalue weighted by Gasteiger charge is -2.36. The van der Waals surface area contributed by atoms with Gasteiger partial charge in [0.2, 0.25) is 5.91 Å². The molecule has 1 aliphatic heterocycles. The molecular formula is C16H25NO2SSi. The molecule has 0 spiro atoms. The van der Waals surface area contributed by atoms with E-state index in [-0.39, 0.29) is 16.2 Å². The fourth-order valence-electron chi connectivity index (χ4n) is 2.19. The van der Waals surface area contributed by atoms with Gasteiger partial charge >= 0.3 is 0 Å². The zero-order valence-electron chi connectivity index (χ0n) is 13.7. The predicted molar refractivity (Wildman–Crippen MR) is 93.3 cm³/mol. The van der Waals surface area contributed by atoms with Crippen LogP contribution in [0.4, 0.5) is 5.69 Å². The molecule has 1 heterocycles. The first-order valence-electron chi connectivity index (χ1n) is 7.27. The summed E-state index contributed by atoms with van der Waals surface area (Å²) in [7, 11) is -1.78. The second-order valence-corrected chi connectivity index (χ2v) is 12.8. The van der Waals surface area contributed by atoms with Gasteiger partial charge in [0, 0.05) is 11.3 Å². The van der Waals surface area contributed by atoms with E-state index in [1.807, 2.05) is 18.4 Å². The summed E-state index contributed by atoms with van der Waals surface area (Å²) in [5.41, 5.74) is 3.18. The van der Waals surface area contributed by atoms with Crippen LogP contribution in [0.1, 0.15) is 37.1 Å². The summed E-state index contributed by atoms with van der Waals surface area (Å²) in [6.07, 6.45) is 1.98. The molecule has 1 aliphatic rings. The van der Waals surface area contributed by atoms with E-state index in [0.29, 0.717) is 6.61 Å². The van der Waals surface area contributed by atoms with E-state index in [1.54, 1.807) is 11.8 Å². The van der Waals surface area contributed by atoms with Crippen molar-refractivity contribution in [3.8, 4) is 0 Å². The van der Waals surface area contributed by atoms with Gasteiger partial charge in [0.25, 0.3) is 0 Å². The minimum Gasteiger partial charge on any atom is -0.413 e. The lowest BCUT2D eigenvalue weighted by molar-refractivity contribution is -0.115. The largest absolute Gasteiger partial charge is 0.413 e. The molecule has 0 fully saturated rings. The van der Waals surface area contributed by atoms with Crippen molar-refractivity contribution in [2.45, 2.75) is 50.8 Å². The lowest BCUT2D eigenvalue weighted by atomic mass is 10.1. The van der Waals surface area contributed by atoms with E-state index in [4.69, 9.17) is 4.43 Å². The first-order valence-corrected chi connectivity index (χ1v) is 11.5. The van der Waals surface area contributed by atoms with Gasteiger partial charge in [-0.2, -0.15) is 0 Å². The molecule has 1 N–H and O–H groups in total. The highest BCUT2D eigenvalue weighted by Crippen LogP contribution is 2.42. The van der Waals surface area contributed by atoms with Crippen LogP contribution in [-0.4, -0.2) is 20.5 Å². The maximum absolute atomic E-state index is 12.0. The zero-order chi connectivity index (χ0) is 15.8. The monoisotopic (exact) mass is 323 g/mol. The van der Waals surface area contributed by atoms with Gasteiger partial charge in [0.15, 0.2) is 8.32 Å². The molecule has 1 unspecified atom stereocenters. The number of carbonyl (C=O) groups excluding carboxylic acids is 1. The Hall–Kier alpha value is -0.783. The molecular weight excluding hydrogens is 298 g/mol. The molecule has 0 bridgehead atoms. The van der Waals surface area contributed by atoms with Gasteiger partial charge in [-0.15, -0.1) is 11.8 Å². The Bertz CT molecular complexity index is 552. The fourth-order valence-corrected chi connectivity index (χ4v) is 3.92. The van der Waals surface area contributed by atoms with Crippen LogP contribution in [0.15, 0.2) is 18.2 Å². The van der Waals surface area contributed by atoms with Crippen LogP contribution in [0.3, 0.4) is 0 Å². The third-order valence-electron chi connectivity index (χ3n) is 4.59. The van der Waals surface area contributed by atoms with Crippen molar-refractivity contribution in [1.29, 1.82) is 0 Å². The highest BCUT2D eigenvalue weighted by Gasteiger charge is 2.38. The molecule has 1 atom stereocenters. The number of hydrogen-bond donors (Lipinski definition) is 1. The van der Waals surface area contributed by atoms with Gasteiger partial charge in [-0.1, -0.05) is 32.9 Å². The van der Waals surface area contributed by atoms with Crippen molar-refractivity contribution in [2.75, 3.05) is 11.6 Å². The molecule has 1 amide bonds. The normalized spacial score (nSPS) is 18.6. The summed E-state index contributed by atoms with van der Waals surface area (Å²) in [4.78, 5) is 12.0. The number of thioether (sulfide) groups is 1. The molecule has 0 radical (unpaired) electrons. The topological polar surface area (TPSA) is 38.3 Å². The summed E-state index contributed by atoms with van der Waals surface area (Å²) in [5.74, 6) is 0.0808. The maximum Gasteiger partial charge on any atom is 0.242 e. The van der Waals surface area contributed by atoms with Crippen LogP contribution in [0.2, 0.25) is 18.1 Å². The van der Waals surface area contributed by atoms with E-state index >= 15 is 0 Å². The van der Waals surface area contributed by atoms with Crippen molar-refractivity contribution < 1.29 is 9.22 Å². The van der Waals surface area contributed by atoms with E-state index < -0.39 is 8.32 Å². The molecule has 21 heavy (non-hydrogen) atoms. The van der Waals surface area contributed by atoms with Crippen molar-refractivity contribution in [1.82, 2.24) is 0 Å². The summed E-state index contributed by atoms with van der Waals surface area (Å²) in [6, 6.07) is 6.04. The highest BCUT2D eigenvalue weighted by molar-refractivity contribution is 7.99. The molecule has 1 aromatic carbocycles. The molecule has 0 aromatic heterocycles. The van der Waals surface area contributed by atoms with Gasteiger partial charge in [-0.05, 0) is 36.0 Å². The van der Waals surface area contributed by atoms with Crippen molar-refractivity contribution in [3.05, 3.63) is 29.3 Å². The van der Waals surface area contributed by atoms with Crippen molar-refractivity contribution in [3.63, 3.8) is 0 Å². The average molecular weight is 324 g/mol. The summed E-state index contributed by atoms with van der Waals surface area (Å²) in [6.45, 7) is 11.8. The molecule has 1 aromatic rings. The van der Waals surface area contributed by atoms with Crippen molar-refractivity contribution >= 4 is 31.7 Å². The number of benzene rings is 1. The Morgan fingerprint density at radius 3 is 2.57 bits per heavy atom. The quantitative estimate of drug-likeness (QED) is 0.825. The standard InChI is InChI=1S/C16H25NO2SSi/c1-16(2,3)21(5,6)19-10-11-8-7-9-12-13(11)14(20-4)15(18)17-12/h7-9,14H,10H2,1-6H3,(H,17,18). The van der Waals surface area contributed by atoms with Crippen molar-refractivity contribution in [2.24, 2.45) is 0 Å². The minimum absolute atomic E-state index is 0.0808. The Balaban J connectivity index is 2.24. The Labute approximate surface area is 133 Å². The fraction of sp³-hybridized carbons (Fsp3) is 0.562. The Morgan fingerprint density at radius 2 is 2.00 bits per heavy atom. The molecule has 0 aliphatic carbocycles. The summed E-state index contributed by atoms with van der Waals surface area (Å²) in [5, 5.41) is 3.04. The number of hydrogen-bond acceptors (Lipinski definition) is 3. The van der Waals surface area contributed by atoms with Crippen LogP contribution in [0.25, 0.3) is 0 Å². The Morgan fingerprint density at radius 1 is 1.33 bits per heavy atom. The smallest absolute Gasteiger partial charge is 0.242 e.